The van der Waals surface area contributed by atoms with Crippen molar-refractivity contribution >= 4 is 33.5 Å². The predicted molar refractivity (Wildman–Crippen MR) is 106 cm³/mol. The Kier molecular flexibility index (Phi) is 6.76. The summed E-state index contributed by atoms with van der Waals surface area (Å²) in [7, 11) is 6.24. The van der Waals surface area contributed by atoms with E-state index in [1.54, 1.807) is 6.08 Å². The molecule has 0 bridgehead atoms. The first-order valence-corrected chi connectivity index (χ1v) is 8.69. The molecule has 0 aliphatic heterocycles. The van der Waals surface area contributed by atoms with E-state index in [1.807, 2.05) is 42.5 Å². The van der Waals surface area contributed by atoms with E-state index < -0.39 is 0 Å². The first kappa shape index (κ1) is 18.4. The fourth-order valence-corrected chi connectivity index (χ4v) is 2.63. The zero-order valence-electron chi connectivity index (χ0n) is 14.4. The minimum Gasteiger partial charge on any atom is -0.373 e. The van der Waals surface area contributed by atoms with Crippen molar-refractivity contribution in [1.29, 1.82) is 0 Å². The molecule has 0 amide bonds. The first-order chi connectivity index (χ1) is 11.5. The molecule has 0 unspecified atom stereocenters. The van der Waals surface area contributed by atoms with E-state index in [-0.39, 0.29) is 5.78 Å². The summed E-state index contributed by atoms with van der Waals surface area (Å²) < 4.78 is 0.909. The SMILES string of the molecule is CN(C)CCN(C)c1ccc(C=CC(=O)c2cccc(Br)c2)cc1. The molecule has 4 heteroatoms. The summed E-state index contributed by atoms with van der Waals surface area (Å²) in [6.07, 6.45) is 3.47. The van der Waals surface area contributed by atoms with Crippen LogP contribution in [0.15, 0.2) is 59.1 Å². The van der Waals surface area contributed by atoms with Crippen LogP contribution < -0.4 is 4.90 Å². The van der Waals surface area contributed by atoms with Crippen LogP contribution in [0.2, 0.25) is 0 Å². The van der Waals surface area contributed by atoms with Crippen molar-refractivity contribution in [2.45, 2.75) is 0 Å². The van der Waals surface area contributed by atoms with Gasteiger partial charge in [-0.1, -0.05) is 46.3 Å². The Morgan fingerprint density at radius 1 is 1.04 bits per heavy atom. The molecular weight excluding hydrogens is 364 g/mol. The Morgan fingerprint density at radius 2 is 1.75 bits per heavy atom. The van der Waals surface area contributed by atoms with E-state index >= 15 is 0 Å². The zero-order chi connectivity index (χ0) is 17.5. The average molecular weight is 387 g/mol. The second kappa shape index (κ2) is 8.81. The number of rotatable bonds is 7. The maximum absolute atomic E-state index is 12.2. The molecule has 2 rings (SSSR count). The van der Waals surface area contributed by atoms with Crippen molar-refractivity contribution in [3.63, 3.8) is 0 Å². The number of halogens is 1. The molecule has 126 valence electrons. The molecule has 0 saturated heterocycles. The van der Waals surface area contributed by atoms with Gasteiger partial charge in [0.2, 0.25) is 0 Å². The summed E-state index contributed by atoms with van der Waals surface area (Å²) in [4.78, 5) is 16.6. The highest BCUT2D eigenvalue weighted by Crippen LogP contribution is 2.16. The predicted octanol–water partition coefficient (Wildman–Crippen LogP) is 4.34. The number of likely N-dealkylation sites (N-methyl/N-ethyl adjacent to an activating group) is 2. The van der Waals surface area contributed by atoms with Crippen LogP contribution in [0, 0.1) is 0 Å². The third kappa shape index (κ3) is 5.62. The smallest absolute Gasteiger partial charge is 0.185 e. The number of carbonyl (C=O) groups excluding carboxylic acids is 1. The third-order valence-corrected chi connectivity index (χ3v) is 4.25. The number of ketones is 1. The largest absolute Gasteiger partial charge is 0.373 e. The Morgan fingerprint density at radius 3 is 2.38 bits per heavy atom. The van der Waals surface area contributed by atoms with Crippen LogP contribution in [-0.4, -0.2) is 44.9 Å². The van der Waals surface area contributed by atoms with Gasteiger partial charge in [-0.15, -0.1) is 0 Å². The molecule has 0 aliphatic rings. The number of hydrogen-bond acceptors (Lipinski definition) is 3. The molecule has 0 aromatic heterocycles. The van der Waals surface area contributed by atoms with Crippen molar-refractivity contribution in [1.82, 2.24) is 4.90 Å². The second-order valence-corrected chi connectivity index (χ2v) is 6.94. The number of hydrogen-bond donors (Lipinski definition) is 0. The number of nitrogens with zero attached hydrogens (tertiary/aromatic N) is 2. The number of allylic oxidation sites excluding steroid dienone is 1. The summed E-state index contributed by atoms with van der Waals surface area (Å²) >= 11 is 3.39. The molecular formula is C20H23BrN2O. The summed E-state index contributed by atoms with van der Waals surface area (Å²) in [5.41, 5.74) is 2.87. The maximum Gasteiger partial charge on any atom is 0.185 e. The van der Waals surface area contributed by atoms with Gasteiger partial charge in [0.05, 0.1) is 0 Å². The van der Waals surface area contributed by atoms with Gasteiger partial charge in [0.1, 0.15) is 0 Å². The van der Waals surface area contributed by atoms with Crippen molar-refractivity contribution in [2.24, 2.45) is 0 Å². The molecule has 0 heterocycles. The van der Waals surface area contributed by atoms with Gasteiger partial charge in [-0.25, -0.2) is 0 Å². The molecule has 2 aromatic rings. The standard InChI is InChI=1S/C20H23BrN2O/c1-22(2)13-14-23(3)19-10-7-16(8-11-19)9-12-20(24)17-5-4-6-18(21)15-17/h4-12,15H,13-14H2,1-3H3. The van der Waals surface area contributed by atoms with Crippen LogP contribution in [-0.2, 0) is 0 Å². The Balaban J connectivity index is 1.99. The molecule has 0 aliphatic carbocycles. The Hall–Kier alpha value is -1.91. The van der Waals surface area contributed by atoms with Crippen molar-refractivity contribution in [2.75, 3.05) is 39.1 Å². The van der Waals surface area contributed by atoms with E-state index in [9.17, 15) is 4.79 Å². The van der Waals surface area contributed by atoms with Gasteiger partial charge in [-0.05, 0) is 50.0 Å². The fraction of sp³-hybridized carbons (Fsp3) is 0.250. The van der Waals surface area contributed by atoms with Crippen LogP contribution in [0.25, 0.3) is 6.08 Å². The van der Waals surface area contributed by atoms with Crippen molar-refractivity contribution < 1.29 is 4.79 Å². The van der Waals surface area contributed by atoms with E-state index in [4.69, 9.17) is 0 Å². The highest BCUT2D eigenvalue weighted by Gasteiger charge is 2.03. The Labute approximate surface area is 152 Å². The topological polar surface area (TPSA) is 23.6 Å². The van der Waals surface area contributed by atoms with Gasteiger partial charge in [0.25, 0.3) is 0 Å². The van der Waals surface area contributed by atoms with Crippen LogP contribution in [0.4, 0.5) is 5.69 Å². The monoisotopic (exact) mass is 386 g/mol. The van der Waals surface area contributed by atoms with Crippen LogP contribution in [0.5, 0.6) is 0 Å². The van der Waals surface area contributed by atoms with Gasteiger partial charge in [0, 0.05) is 35.9 Å². The van der Waals surface area contributed by atoms with Gasteiger partial charge in [0.15, 0.2) is 5.78 Å². The lowest BCUT2D eigenvalue weighted by Crippen LogP contribution is -2.28. The third-order valence-electron chi connectivity index (χ3n) is 3.75. The van der Waals surface area contributed by atoms with Gasteiger partial charge >= 0.3 is 0 Å². The van der Waals surface area contributed by atoms with Crippen molar-refractivity contribution in [3.05, 3.63) is 70.2 Å². The van der Waals surface area contributed by atoms with Gasteiger partial charge in [-0.2, -0.15) is 0 Å². The van der Waals surface area contributed by atoms with E-state index in [0.29, 0.717) is 5.56 Å². The lowest BCUT2D eigenvalue weighted by atomic mass is 10.1. The minimum absolute atomic E-state index is 0.00322. The molecule has 3 nitrogen and oxygen atoms in total. The second-order valence-electron chi connectivity index (χ2n) is 6.02. The minimum atomic E-state index is 0.00322. The lowest BCUT2D eigenvalue weighted by Gasteiger charge is -2.21. The van der Waals surface area contributed by atoms with E-state index in [1.165, 1.54) is 5.69 Å². The highest BCUT2D eigenvalue weighted by atomic mass is 79.9. The van der Waals surface area contributed by atoms with E-state index in [2.05, 4.69) is 59.0 Å². The van der Waals surface area contributed by atoms with Gasteiger partial charge in [-0.3, -0.25) is 4.79 Å². The molecule has 0 N–H and O–H groups in total. The summed E-state index contributed by atoms with van der Waals surface area (Å²) in [5.74, 6) is 0.00322. The quantitative estimate of drug-likeness (QED) is 0.522. The van der Waals surface area contributed by atoms with Crippen LogP contribution >= 0.6 is 15.9 Å². The van der Waals surface area contributed by atoms with Crippen molar-refractivity contribution in [3.8, 4) is 0 Å². The number of carbonyl (C=O) groups is 1. The number of benzene rings is 2. The summed E-state index contributed by atoms with van der Waals surface area (Å²) in [5, 5.41) is 0. The molecule has 0 spiro atoms. The number of anilines is 1. The van der Waals surface area contributed by atoms with Gasteiger partial charge < -0.3 is 9.80 Å². The lowest BCUT2D eigenvalue weighted by molar-refractivity contribution is 0.104. The molecule has 0 saturated carbocycles. The maximum atomic E-state index is 12.2. The summed E-state index contributed by atoms with van der Waals surface area (Å²) in [6.45, 7) is 1.99. The molecule has 2 aromatic carbocycles. The highest BCUT2D eigenvalue weighted by molar-refractivity contribution is 9.10. The molecule has 0 atom stereocenters. The fourth-order valence-electron chi connectivity index (χ4n) is 2.23. The zero-order valence-corrected chi connectivity index (χ0v) is 16.0. The van der Waals surface area contributed by atoms with Crippen LogP contribution in [0.1, 0.15) is 15.9 Å². The normalized spacial score (nSPS) is 11.2. The molecule has 24 heavy (non-hydrogen) atoms. The Bertz CT molecular complexity index is 708. The average Bonchev–Trinajstić information content (AvgIpc) is 2.58. The molecule has 0 fully saturated rings. The van der Waals surface area contributed by atoms with E-state index in [0.717, 1.165) is 23.1 Å². The van der Waals surface area contributed by atoms with Crippen LogP contribution in [0.3, 0.4) is 0 Å². The first-order valence-electron chi connectivity index (χ1n) is 7.89. The molecule has 0 radical (unpaired) electrons. The summed E-state index contributed by atoms with van der Waals surface area (Å²) in [6, 6.07) is 15.7.